The molecular weight excluding hydrogens is 243 g/mol. The quantitative estimate of drug-likeness (QED) is 0.854. The van der Waals surface area contributed by atoms with Crippen LogP contribution in [0.2, 0.25) is 0 Å². The van der Waals surface area contributed by atoms with E-state index in [4.69, 9.17) is 0 Å². The first-order chi connectivity index (χ1) is 9.13. The molecule has 2 fully saturated rings. The summed E-state index contributed by atoms with van der Waals surface area (Å²) in [4.78, 5) is 11.0. The molecule has 0 aliphatic heterocycles. The van der Waals surface area contributed by atoms with Gasteiger partial charge in [0.25, 0.3) is 0 Å². The summed E-state index contributed by atoms with van der Waals surface area (Å²) in [5, 5.41) is 6.05. The van der Waals surface area contributed by atoms with Crippen LogP contribution in [0.25, 0.3) is 0 Å². The maximum atomic E-state index is 13.6. The van der Waals surface area contributed by atoms with Crippen molar-refractivity contribution < 1.29 is 9.18 Å². The molecule has 2 saturated carbocycles. The van der Waals surface area contributed by atoms with Crippen LogP contribution in [0.15, 0.2) is 18.2 Å². The molecule has 0 saturated heterocycles. The third kappa shape index (κ3) is 3.06. The van der Waals surface area contributed by atoms with Gasteiger partial charge < -0.3 is 10.6 Å². The Labute approximate surface area is 112 Å². The number of halogens is 1. The highest BCUT2D eigenvalue weighted by Gasteiger charge is 2.41. The van der Waals surface area contributed by atoms with Gasteiger partial charge in [-0.25, -0.2) is 4.39 Å². The first kappa shape index (κ1) is 12.5. The normalized spacial score (nSPS) is 18.5. The molecule has 0 radical (unpaired) electrons. The molecule has 2 N–H and O–H groups in total. The molecular formula is C15H19FN2O. The van der Waals surface area contributed by atoms with Crippen LogP contribution in [0.5, 0.6) is 0 Å². The Bertz CT molecular complexity index is 483. The standard InChI is InChI=1S/C15H19FN2O/c1-9(19)17-14-8-12(6-7-13(14)16)18-15(10-2-3-10)11-4-5-11/h6-8,10-11,15,18H,2-5H2,1H3,(H,17,19). The summed E-state index contributed by atoms with van der Waals surface area (Å²) >= 11 is 0. The van der Waals surface area contributed by atoms with Crippen molar-refractivity contribution in [3.05, 3.63) is 24.0 Å². The molecule has 1 aromatic carbocycles. The van der Waals surface area contributed by atoms with E-state index in [0.29, 0.717) is 6.04 Å². The Morgan fingerprint density at radius 3 is 2.42 bits per heavy atom. The molecule has 19 heavy (non-hydrogen) atoms. The number of hydrogen-bond acceptors (Lipinski definition) is 2. The van der Waals surface area contributed by atoms with E-state index in [1.165, 1.54) is 38.7 Å². The van der Waals surface area contributed by atoms with E-state index in [-0.39, 0.29) is 11.6 Å². The average Bonchev–Trinajstić information content (AvgIpc) is 3.23. The number of benzene rings is 1. The molecule has 0 atom stereocenters. The fourth-order valence-electron chi connectivity index (χ4n) is 2.62. The zero-order chi connectivity index (χ0) is 13.4. The minimum atomic E-state index is -0.393. The summed E-state index contributed by atoms with van der Waals surface area (Å²) < 4.78 is 13.6. The summed E-state index contributed by atoms with van der Waals surface area (Å²) in [7, 11) is 0. The van der Waals surface area contributed by atoms with E-state index >= 15 is 0 Å². The fourth-order valence-corrected chi connectivity index (χ4v) is 2.62. The molecule has 3 nitrogen and oxygen atoms in total. The molecule has 2 aliphatic carbocycles. The Kier molecular flexibility index (Phi) is 3.17. The third-order valence-corrected chi connectivity index (χ3v) is 3.87. The first-order valence-corrected chi connectivity index (χ1v) is 6.97. The molecule has 3 rings (SSSR count). The zero-order valence-corrected chi connectivity index (χ0v) is 11.1. The highest BCUT2D eigenvalue weighted by Crippen LogP contribution is 2.46. The lowest BCUT2D eigenvalue weighted by Gasteiger charge is -2.19. The van der Waals surface area contributed by atoms with Crippen LogP contribution < -0.4 is 10.6 Å². The lowest BCUT2D eigenvalue weighted by molar-refractivity contribution is -0.114. The second-order valence-electron chi connectivity index (χ2n) is 5.72. The van der Waals surface area contributed by atoms with Gasteiger partial charge in [-0.2, -0.15) is 0 Å². The number of nitrogens with one attached hydrogen (secondary N) is 2. The topological polar surface area (TPSA) is 41.1 Å². The number of rotatable bonds is 5. The molecule has 0 spiro atoms. The summed E-state index contributed by atoms with van der Waals surface area (Å²) in [6.07, 6.45) is 5.20. The van der Waals surface area contributed by atoms with Gasteiger partial charge >= 0.3 is 0 Å². The minimum absolute atomic E-state index is 0.253. The van der Waals surface area contributed by atoms with Gasteiger partial charge in [0.1, 0.15) is 5.82 Å². The lowest BCUT2D eigenvalue weighted by Crippen LogP contribution is -2.24. The maximum absolute atomic E-state index is 13.6. The van der Waals surface area contributed by atoms with E-state index in [0.717, 1.165) is 17.5 Å². The van der Waals surface area contributed by atoms with Crippen molar-refractivity contribution in [1.82, 2.24) is 0 Å². The van der Waals surface area contributed by atoms with Crippen LogP contribution in [0.1, 0.15) is 32.6 Å². The maximum Gasteiger partial charge on any atom is 0.221 e. The molecule has 0 aromatic heterocycles. The SMILES string of the molecule is CC(=O)Nc1cc(NC(C2CC2)C2CC2)ccc1F. The van der Waals surface area contributed by atoms with Crippen LogP contribution in [-0.2, 0) is 4.79 Å². The van der Waals surface area contributed by atoms with Crippen LogP contribution in [0.4, 0.5) is 15.8 Å². The minimum Gasteiger partial charge on any atom is -0.382 e. The van der Waals surface area contributed by atoms with Crippen molar-refractivity contribution in [3.63, 3.8) is 0 Å². The van der Waals surface area contributed by atoms with Gasteiger partial charge in [0.15, 0.2) is 0 Å². The van der Waals surface area contributed by atoms with E-state index in [9.17, 15) is 9.18 Å². The average molecular weight is 262 g/mol. The predicted molar refractivity (Wildman–Crippen MR) is 73.6 cm³/mol. The second-order valence-corrected chi connectivity index (χ2v) is 5.72. The zero-order valence-electron chi connectivity index (χ0n) is 11.1. The number of carbonyl (C=O) groups is 1. The van der Waals surface area contributed by atoms with Gasteiger partial charge in [0, 0.05) is 18.7 Å². The van der Waals surface area contributed by atoms with E-state index in [1.54, 1.807) is 12.1 Å². The molecule has 2 aliphatic rings. The number of carbonyl (C=O) groups excluding carboxylic acids is 1. The largest absolute Gasteiger partial charge is 0.382 e. The van der Waals surface area contributed by atoms with Crippen LogP contribution >= 0.6 is 0 Å². The van der Waals surface area contributed by atoms with Gasteiger partial charge in [0.05, 0.1) is 5.69 Å². The highest BCUT2D eigenvalue weighted by molar-refractivity contribution is 5.89. The van der Waals surface area contributed by atoms with Crippen molar-refractivity contribution in [1.29, 1.82) is 0 Å². The van der Waals surface area contributed by atoms with E-state index < -0.39 is 5.82 Å². The molecule has 102 valence electrons. The van der Waals surface area contributed by atoms with Crippen LogP contribution in [0.3, 0.4) is 0 Å². The van der Waals surface area contributed by atoms with Gasteiger partial charge in [-0.15, -0.1) is 0 Å². The summed E-state index contributed by atoms with van der Waals surface area (Å²) in [5.74, 6) is 0.913. The highest BCUT2D eigenvalue weighted by atomic mass is 19.1. The lowest BCUT2D eigenvalue weighted by atomic mass is 10.1. The van der Waals surface area contributed by atoms with Crippen molar-refractivity contribution >= 4 is 17.3 Å². The Hall–Kier alpha value is -1.58. The number of anilines is 2. The molecule has 0 bridgehead atoms. The summed E-state index contributed by atoms with van der Waals surface area (Å²) in [6.45, 7) is 1.39. The van der Waals surface area contributed by atoms with Crippen molar-refractivity contribution in [3.8, 4) is 0 Å². The number of amides is 1. The van der Waals surface area contributed by atoms with E-state index in [2.05, 4.69) is 10.6 Å². The summed E-state index contributed by atoms with van der Waals surface area (Å²) in [6, 6.07) is 5.37. The van der Waals surface area contributed by atoms with Crippen molar-refractivity contribution in [2.45, 2.75) is 38.6 Å². The molecule has 1 aromatic rings. The Balaban J connectivity index is 1.74. The van der Waals surface area contributed by atoms with E-state index in [1.807, 2.05) is 0 Å². The Morgan fingerprint density at radius 2 is 1.89 bits per heavy atom. The van der Waals surface area contributed by atoms with Gasteiger partial charge in [-0.05, 0) is 55.7 Å². The first-order valence-electron chi connectivity index (χ1n) is 6.97. The molecule has 1 amide bonds. The van der Waals surface area contributed by atoms with Gasteiger partial charge in [-0.3, -0.25) is 4.79 Å². The van der Waals surface area contributed by atoms with Gasteiger partial charge in [-0.1, -0.05) is 0 Å². The second kappa shape index (κ2) is 4.83. The smallest absolute Gasteiger partial charge is 0.221 e. The fraction of sp³-hybridized carbons (Fsp3) is 0.533. The predicted octanol–water partition coefficient (Wildman–Crippen LogP) is 3.38. The van der Waals surface area contributed by atoms with Crippen LogP contribution in [-0.4, -0.2) is 11.9 Å². The molecule has 0 unspecified atom stereocenters. The molecule has 4 heteroatoms. The third-order valence-electron chi connectivity index (χ3n) is 3.87. The van der Waals surface area contributed by atoms with Crippen molar-refractivity contribution in [2.75, 3.05) is 10.6 Å². The van der Waals surface area contributed by atoms with Crippen LogP contribution in [0, 0.1) is 17.7 Å². The Morgan fingerprint density at radius 1 is 1.26 bits per heavy atom. The number of hydrogen-bond donors (Lipinski definition) is 2. The summed E-state index contributed by atoms with van der Waals surface area (Å²) in [5.41, 5.74) is 1.15. The monoisotopic (exact) mass is 262 g/mol. The van der Waals surface area contributed by atoms with Gasteiger partial charge in [0.2, 0.25) is 5.91 Å². The van der Waals surface area contributed by atoms with Crippen molar-refractivity contribution in [2.24, 2.45) is 11.8 Å². The molecule has 0 heterocycles.